The van der Waals surface area contributed by atoms with E-state index in [0.717, 1.165) is 17.2 Å². The first-order chi connectivity index (χ1) is 6.27. The molecule has 1 rings (SSSR count). The molecule has 1 aliphatic rings. The highest BCUT2D eigenvalue weighted by atomic mass is 32.2. The third-order valence-electron chi connectivity index (χ3n) is 2.77. The van der Waals surface area contributed by atoms with E-state index in [1.54, 1.807) is 0 Å². The second kappa shape index (κ2) is 5.92. The summed E-state index contributed by atoms with van der Waals surface area (Å²) in [5, 5.41) is 4.56. The van der Waals surface area contributed by atoms with Crippen molar-refractivity contribution in [2.24, 2.45) is 5.92 Å². The minimum atomic E-state index is 0.768. The molecule has 1 saturated heterocycles. The van der Waals surface area contributed by atoms with Crippen molar-refractivity contribution in [1.82, 2.24) is 5.32 Å². The van der Waals surface area contributed by atoms with Crippen LogP contribution in [0, 0.1) is 5.92 Å². The molecule has 0 bridgehead atoms. The van der Waals surface area contributed by atoms with Gasteiger partial charge in [-0.3, -0.25) is 0 Å². The van der Waals surface area contributed by atoms with Crippen molar-refractivity contribution in [3.05, 3.63) is 0 Å². The smallest absolute Gasteiger partial charge is 0.0198 e. The van der Waals surface area contributed by atoms with Crippen molar-refractivity contribution >= 4 is 11.8 Å². The third-order valence-corrected chi connectivity index (χ3v) is 4.63. The van der Waals surface area contributed by atoms with Gasteiger partial charge in [0.1, 0.15) is 0 Å². The Labute approximate surface area is 87.1 Å². The van der Waals surface area contributed by atoms with Crippen LogP contribution in [0.1, 0.15) is 40.0 Å². The van der Waals surface area contributed by atoms with Crippen molar-refractivity contribution in [2.45, 2.75) is 51.3 Å². The Bertz CT molecular complexity index is 138. The molecule has 3 atom stereocenters. The summed E-state index contributed by atoms with van der Waals surface area (Å²) >= 11 is 2.18. The molecule has 0 aliphatic carbocycles. The van der Waals surface area contributed by atoms with Crippen LogP contribution in [0.15, 0.2) is 0 Å². The Kier molecular flexibility index (Phi) is 5.18. The van der Waals surface area contributed by atoms with Crippen molar-refractivity contribution in [1.29, 1.82) is 0 Å². The zero-order valence-electron chi connectivity index (χ0n) is 9.18. The van der Waals surface area contributed by atoms with E-state index in [2.05, 4.69) is 37.8 Å². The van der Waals surface area contributed by atoms with Crippen LogP contribution in [-0.4, -0.2) is 23.6 Å². The van der Waals surface area contributed by atoms with E-state index in [0.29, 0.717) is 0 Å². The topological polar surface area (TPSA) is 12.0 Å². The highest BCUT2D eigenvalue weighted by Crippen LogP contribution is 2.26. The lowest BCUT2D eigenvalue weighted by atomic mass is 10.1. The molecule has 3 unspecified atom stereocenters. The van der Waals surface area contributed by atoms with Crippen LogP contribution in [0.4, 0.5) is 0 Å². The minimum Gasteiger partial charge on any atom is -0.313 e. The number of rotatable bonds is 3. The molecule has 1 fully saturated rings. The molecule has 0 spiro atoms. The fourth-order valence-corrected chi connectivity index (χ4v) is 3.34. The number of nitrogens with one attached hydrogen (secondary N) is 1. The summed E-state index contributed by atoms with van der Waals surface area (Å²) in [7, 11) is 0. The van der Waals surface area contributed by atoms with E-state index < -0.39 is 0 Å². The van der Waals surface area contributed by atoms with Crippen LogP contribution in [0.5, 0.6) is 0 Å². The lowest BCUT2D eigenvalue weighted by Gasteiger charge is -2.23. The molecule has 2 heteroatoms. The zero-order chi connectivity index (χ0) is 9.68. The van der Waals surface area contributed by atoms with Crippen molar-refractivity contribution < 1.29 is 0 Å². The van der Waals surface area contributed by atoms with Gasteiger partial charge in [0, 0.05) is 11.3 Å². The molecule has 0 amide bonds. The van der Waals surface area contributed by atoms with Crippen molar-refractivity contribution in [3.63, 3.8) is 0 Å². The van der Waals surface area contributed by atoms with Gasteiger partial charge in [-0.05, 0) is 31.1 Å². The average molecular weight is 201 g/mol. The monoisotopic (exact) mass is 201 g/mol. The van der Waals surface area contributed by atoms with Gasteiger partial charge < -0.3 is 5.32 Å². The highest BCUT2D eigenvalue weighted by Gasteiger charge is 2.23. The zero-order valence-corrected chi connectivity index (χ0v) is 9.99. The summed E-state index contributed by atoms with van der Waals surface area (Å²) in [5.41, 5.74) is 0. The van der Waals surface area contributed by atoms with Gasteiger partial charge in [-0.1, -0.05) is 27.2 Å². The highest BCUT2D eigenvalue weighted by molar-refractivity contribution is 7.99. The van der Waals surface area contributed by atoms with Gasteiger partial charge in [0.15, 0.2) is 0 Å². The van der Waals surface area contributed by atoms with Crippen LogP contribution in [0.2, 0.25) is 0 Å². The molecular formula is C11H23NS. The average Bonchev–Trinajstić information content (AvgIpc) is 2.30. The number of hydrogen-bond donors (Lipinski definition) is 1. The molecule has 0 aromatic carbocycles. The maximum absolute atomic E-state index is 3.71. The summed E-state index contributed by atoms with van der Waals surface area (Å²) < 4.78 is 0. The summed E-state index contributed by atoms with van der Waals surface area (Å²) in [6, 6.07) is 0.768. The van der Waals surface area contributed by atoms with E-state index in [1.807, 2.05) is 0 Å². The molecule has 13 heavy (non-hydrogen) atoms. The molecule has 1 nitrogen and oxygen atoms in total. The van der Waals surface area contributed by atoms with Gasteiger partial charge in [0.05, 0.1) is 0 Å². The van der Waals surface area contributed by atoms with E-state index in [1.165, 1.54) is 31.6 Å². The molecule has 78 valence electrons. The SMILES string of the molecule is CCCC1NCC(C)CSC1CC. The summed E-state index contributed by atoms with van der Waals surface area (Å²) in [5.74, 6) is 2.19. The van der Waals surface area contributed by atoms with Gasteiger partial charge >= 0.3 is 0 Å². The first kappa shape index (κ1) is 11.4. The molecular weight excluding hydrogens is 178 g/mol. The second-order valence-corrected chi connectivity index (χ2v) is 5.46. The quantitative estimate of drug-likeness (QED) is 0.753. The van der Waals surface area contributed by atoms with Gasteiger partial charge in [-0.25, -0.2) is 0 Å². The fourth-order valence-electron chi connectivity index (χ4n) is 1.95. The molecule has 0 saturated carbocycles. The van der Waals surface area contributed by atoms with E-state index in [4.69, 9.17) is 0 Å². The first-order valence-corrected chi connectivity index (χ1v) is 6.67. The van der Waals surface area contributed by atoms with Gasteiger partial charge in [0.25, 0.3) is 0 Å². The minimum absolute atomic E-state index is 0.768. The van der Waals surface area contributed by atoms with Crippen LogP contribution >= 0.6 is 11.8 Å². The Morgan fingerprint density at radius 2 is 2.15 bits per heavy atom. The van der Waals surface area contributed by atoms with Crippen LogP contribution < -0.4 is 5.32 Å². The Balaban J connectivity index is 2.46. The standard InChI is InChI=1S/C11H23NS/c1-4-6-10-11(5-2)13-8-9(3)7-12-10/h9-12H,4-8H2,1-3H3. The summed E-state index contributed by atoms with van der Waals surface area (Å²) in [6.45, 7) is 8.17. The van der Waals surface area contributed by atoms with Crippen molar-refractivity contribution in [2.75, 3.05) is 12.3 Å². The summed E-state index contributed by atoms with van der Waals surface area (Å²) in [6.07, 6.45) is 3.97. The van der Waals surface area contributed by atoms with Crippen molar-refractivity contribution in [3.8, 4) is 0 Å². The normalized spacial score (nSPS) is 35.8. The predicted molar refractivity (Wildman–Crippen MR) is 62.4 cm³/mol. The van der Waals surface area contributed by atoms with Gasteiger partial charge in [-0.15, -0.1) is 0 Å². The van der Waals surface area contributed by atoms with E-state index in [9.17, 15) is 0 Å². The molecule has 0 aromatic rings. The maximum Gasteiger partial charge on any atom is 0.0198 e. The van der Waals surface area contributed by atoms with Gasteiger partial charge in [0.2, 0.25) is 0 Å². The maximum atomic E-state index is 3.71. The van der Waals surface area contributed by atoms with Crippen LogP contribution in [-0.2, 0) is 0 Å². The van der Waals surface area contributed by atoms with E-state index >= 15 is 0 Å². The second-order valence-electron chi connectivity index (χ2n) is 4.19. The molecule has 1 aliphatic heterocycles. The first-order valence-electron chi connectivity index (χ1n) is 5.62. The van der Waals surface area contributed by atoms with Gasteiger partial charge in [-0.2, -0.15) is 11.8 Å². The lowest BCUT2D eigenvalue weighted by Crippen LogP contribution is -2.37. The molecule has 1 N–H and O–H groups in total. The lowest BCUT2D eigenvalue weighted by molar-refractivity contribution is 0.437. The Hall–Kier alpha value is 0.310. The van der Waals surface area contributed by atoms with E-state index in [-0.39, 0.29) is 0 Å². The molecule has 0 radical (unpaired) electrons. The number of thioether (sulfide) groups is 1. The Morgan fingerprint density at radius 1 is 1.38 bits per heavy atom. The van der Waals surface area contributed by atoms with Crippen LogP contribution in [0.3, 0.4) is 0 Å². The fraction of sp³-hybridized carbons (Fsp3) is 1.00. The largest absolute Gasteiger partial charge is 0.313 e. The Morgan fingerprint density at radius 3 is 2.77 bits per heavy atom. The molecule has 0 aromatic heterocycles. The molecule has 1 heterocycles. The summed E-state index contributed by atoms with van der Waals surface area (Å²) in [4.78, 5) is 0. The number of hydrogen-bond acceptors (Lipinski definition) is 2. The predicted octanol–water partition coefficient (Wildman–Crippen LogP) is 2.91. The van der Waals surface area contributed by atoms with Crippen LogP contribution in [0.25, 0.3) is 0 Å². The third kappa shape index (κ3) is 3.51.